The molecule has 17 heavy (non-hydrogen) atoms. The Balaban J connectivity index is 1.70. The molecule has 0 unspecified atom stereocenters. The van der Waals surface area contributed by atoms with Gasteiger partial charge in [0.15, 0.2) is 0 Å². The lowest BCUT2D eigenvalue weighted by atomic mass is 9.75. The van der Waals surface area contributed by atoms with E-state index in [1.54, 1.807) is 0 Å². The van der Waals surface area contributed by atoms with Gasteiger partial charge in [-0.15, -0.1) is 0 Å². The molecule has 1 aliphatic heterocycles. The predicted molar refractivity (Wildman–Crippen MR) is 70.1 cm³/mol. The van der Waals surface area contributed by atoms with Crippen LogP contribution in [0.15, 0.2) is 0 Å². The molecular formula is C15H27NO. The van der Waals surface area contributed by atoms with Crippen LogP contribution in [0.1, 0.15) is 64.7 Å². The summed E-state index contributed by atoms with van der Waals surface area (Å²) in [7, 11) is 0. The highest BCUT2D eigenvalue weighted by Gasteiger charge is 2.46. The Kier molecular flexibility index (Phi) is 3.20. The second-order valence-electron chi connectivity index (χ2n) is 6.81. The van der Waals surface area contributed by atoms with Crippen LogP contribution >= 0.6 is 0 Å². The monoisotopic (exact) mass is 237 g/mol. The summed E-state index contributed by atoms with van der Waals surface area (Å²) in [4.78, 5) is 0. The fourth-order valence-corrected chi connectivity index (χ4v) is 4.09. The summed E-state index contributed by atoms with van der Waals surface area (Å²) in [6.07, 6.45) is 12.0. The van der Waals surface area contributed by atoms with Crippen molar-refractivity contribution in [3.8, 4) is 0 Å². The van der Waals surface area contributed by atoms with Crippen LogP contribution in [0.2, 0.25) is 0 Å². The maximum absolute atomic E-state index is 6.73. The SMILES string of the molecule is CC1CCC2(CC1)CNCC1(CCCCC1)O2. The lowest BCUT2D eigenvalue weighted by Crippen LogP contribution is -2.61. The third kappa shape index (κ3) is 2.39. The van der Waals surface area contributed by atoms with E-state index < -0.39 is 0 Å². The molecule has 1 saturated heterocycles. The fraction of sp³-hybridized carbons (Fsp3) is 1.00. The number of rotatable bonds is 0. The van der Waals surface area contributed by atoms with Crippen molar-refractivity contribution in [3.63, 3.8) is 0 Å². The number of nitrogens with one attached hydrogen (secondary N) is 1. The molecule has 98 valence electrons. The number of hydrogen-bond donors (Lipinski definition) is 1. The summed E-state index contributed by atoms with van der Waals surface area (Å²) in [6, 6.07) is 0. The molecule has 0 atom stereocenters. The van der Waals surface area contributed by atoms with E-state index in [-0.39, 0.29) is 11.2 Å². The average molecular weight is 237 g/mol. The van der Waals surface area contributed by atoms with Gasteiger partial charge in [0.2, 0.25) is 0 Å². The Morgan fingerprint density at radius 2 is 1.47 bits per heavy atom. The Labute approximate surface area is 105 Å². The minimum absolute atomic E-state index is 0.197. The maximum Gasteiger partial charge on any atom is 0.0814 e. The standard InChI is InChI=1S/C15H27NO/c1-13-5-9-15(10-6-13)12-16-11-14(17-15)7-3-2-4-8-14/h13,16H,2-12H2,1H3. The first-order valence-electron chi connectivity index (χ1n) is 7.63. The topological polar surface area (TPSA) is 21.3 Å². The molecule has 1 N–H and O–H groups in total. The van der Waals surface area contributed by atoms with Crippen LogP contribution < -0.4 is 5.32 Å². The van der Waals surface area contributed by atoms with Crippen LogP contribution in [0.4, 0.5) is 0 Å². The predicted octanol–water partition coefficient (Wildman–Crippen LogP) is 3.26. The molecule has 3 rings (SSSR count). The van der Waals surface area contributed by atoms with Crippen LogP contribution in [0.5, 0.6) is 0 Å². The fourth-order valence-electron chi connectivity index (χ4n) is 4.09. The molecule has 3 fully saturated rings. The van der Waals surface area contributed by atoms with E-state index in [1.165, 1.54) is 57.8 Å². The van der Waals surface area contributed by atoms with Gasteiger partial charge in [0, 0.05) is 13.1 Å². The summed E-state index contributed by atoms with van der Waals surface area (Å²) in [5.74, 6) is 0.911. The quantitative estimate of drug-likeness (QED) is 0.698. The smallest absolute Gasteiger partial charge is 0.0814 e. The van der Waals surface area contributed by atoms with E-state index in [0.29, 0.717) is 0 Å². The van der Waals surface area contributed by atoms with Gasteiger partial charge in [-0.3, -0.25) is 0 Å². The van der Waals surface area contributed by atoms with Crippen LogP contribution in [0.3, 0.4) is 0 Å². The number of ether oxygens (including phenoxy) is 1. The average Bonchev–Trinajstić information content (AvgIpc) is 2.35. The third-order valence-corrected chi connectivity index (χ3v) is 5.28. The van der Waals surface area contributed by atoms with Gasteiger partial charge >= 0.3 is 0 Å². The molecule has 2 aliphatic carbocycles. The van der Waals surface area contributed by atoms with Gasteiger partial charge in [0.25, 0.3) is 0 Å². The van der Waals surface area contributed by atoms with Crippen molar-refractivity contribution in [2.75, 3.05) is 13.1 Å². The van der Waals surface area contributed by atoms with Crippen molar-refractivity contribution in [1.82, 2.24) is 5.32 Å². The van der Waals surface area contributed by atoms with Gasteiger partial charge < -0.3 is 10.1 Å². The molecule has 0 aromatic rings. The molecule has 2 spiro atoms. The minimum Gasteiger partial charge on any atom is -0.366 e. The summed E-state index contributed by atoms with van der Waals surface area (Å²) in [5, 5.41) is 3.70. The Morgan fingerprint density at radius 3 is 2.12 bits per heavy atom. The van der Waals surface area contributed by atoms with Gasteiger partial charge in [-0.05, 0) is 44.4 Å². The van der Waals surface area contributed by atoms with Gasteiger partial charge in [-0.1, -0.05) is 26.2 Å². The van der Waals surface area contributed by atoms with Crippen molar-refractivity contribution in [3.05, 3.63) is 0 Å². The third-order valence-electron chi connectivity index (χ3n) is 5.28. The van der Waals surface area contributed by atoms with Crippen molar-refractivity contribution in [2.24, 2.45) is 5.92 Å². The summed E-state index contributed by atoms with van der Waals surface area (Å²) in [5.41, 5.74) is 0.402. The molecule has 2 saturated carbocycles. The van der Waals surface area contributed by atoms with Crippen molar-refractivity contribution in [2.45, 2.75) is 75.9 Å². The van der Waals surface area contributed by atoms with Crippen LogP contribution in [-0.4, -0.2) is 24.3 Å². The molecule has 0 radical (unpaired) electrons. The second kappa shape index (κ2) is 4.55. The maximum atomic E-state index is 6.73. The Hall–Kier alpha value is -0.0800. The molecule has 2 heteroatoms. The molecule has 2 nitrogen and oxygen atoms in total. The highest BCUT2D eigenvalue weighted by Crippen LogP contribution is 2.43. The minimum atomic E-state index is 0.197. The molecule has 0 aromatic heterocycles. The van der Waals surface area contributed by atoms with Crippen molar-refractivity contribution in [1.29, 1.82) is 0 Å². The molecule has 3 aliphatic rings. The summed E-state index contributed by atoms with van der Waals surface area (Å²) >= 11 is 0. The van der Waals surface area contributed by atoms with Gasteiger partial charge in [0.1, 0.15) is 0 Å². The Bertz CT molecular complexity index is 257. The van der Waals surface area contributed by atoms with Gasteiger partial charge in [-0.2, -0.15) is 0 Å². The molecule has 1 heterocycles. The van der Waals surface area contributed by atoms with Gasteiger partial charge in [-0.25, -0.2) is 0 Å². The first-order valence-corrected chi connectivity index (χ1v) is 7.63. The first-order chi connectivity index (χ1) is 8.22. The number of hydrogen-bond acceptors (Lipinski definition) is 2. The van der Waals surface area contributed by atoms with Crippen LogP contribution in [0.25, 0.3) is 0 Å². The normalized spacial score (nSPS) is 41.8. The van der Waals surface area contributed by atoms with E-state index in [2.05, 4.69) is 12.2 Å². The molecule has 0 amide bonds. The second-order valence-corrected chi connectivity index (χ2v) is 6.81. The lowest BCUT2D eigenvalue weighted by molar-refractivity contribution is -0.205. The highest BCUT2D eigenvalue weighted by atomic mass is 16.5. The highest BCUT2D eigenvalue weighted by molar-refractivity contribution is 4.99. The van der Waals surface area contributed by atoms with Gasteiger partial charge in [0.05, 0.1) is 11.2 Å². The van der Waals surface area contributed by atoms with E-state index >= 15 is 0 Å². The summed E-state index contributed by atoms with van der Waals surface area (Å²) in [6.45, 7) is 4.59. The zero-order valence-electron chi connectivity index (χ0n) is 11.3. The van der Waals surface area contributed by atoms with E-state index in [9.17, 15) is 0 Å². The molecule has 0 bridgehead atoms. The zero-order valence-corrected chi connectivity index (χ0v) is 11.3. The molecule has 0 aromatic carbocycles. The van der Waals surface area contributed by atoms with E-state index in [0.717, 1.165) is 19.0 Å². The van der Waals surface area contributed by atoms with Crippen molar-refractivity contribution >= 4 is 0 Å². The lowest BCUT2D eigenvalue weighted by Gasteiger charge is -2.52. The Morgan fingerprint density at radius 1 is 0.882 bits per heavy atom. The van der Waals surface area contributed by atoms with Crippen LogP contribution in [0, 0.1) is 5.92 Å². The largest absolute Gasteiger partial charge is 0.366 e. The first kappa shape index (κ1) is 12.0. The van der Waals surface area contributed by atoms with Crippen molar-refractivity contribution < 1.29 is 4.74 Å². The van der Waals surface area contributed by atoms with Crippen LogP contribution in [-0.2, 0) is 4.74 Å². The van der Waals surface area contributed by atoms with E-state index in [1.807, 2.05) is 0 Å². The number of morpholine rings is 1. The zero-order chi connectivity index (χ0) is 11.8. The molecular weight excluding hydrogens is 210 g/mol. The van der Waals surface area contributed by atoms with E-state index in [4.69, 9.17) is 4.74 Å². The summed E-state index contributed by atoms with van der Waals surface area (Å²) < 4.78 is 6.73.